The molecular formula is C9H8N2O2. The third-order valence-corrected chi connectivity index (χ3v) is 1.93. The Bertz CT molecular complexity index is 516. The molecule has 0 aliphatic carbocycles. The van der Waals surface area contributed by atoms with Gasteiger partial charge in [-0.25, -0.2) is 0 Å². The van der Waals surface area contributed by atoms with Gasteiger partial charge in [-0.05, 0) is 6.07 Å². The van der Waals surface area contributed by atoms with E-state index in [-0.39, 0.29) is 0 Å². The number of aromatic nitrogens is 1. The molecule has 0 saturated heterocycles. The van der Waals surface area contributed by atoms with E-state index in [4.69, 9.17) is 5.73 Å². The number of benzene rings is 1. The Labute approximate surface area is 73.8 Å². The molecule has 2 aromatic rings. The first-order valence-corrected chi connectivity index (χ1v) is 3.79. The maximum atomic E-state index is 11.1. The summed E-state index contributed by atoms with van der Waals surface area (Å²) in [6.07, 6.45) is 0. The molecule has 1 heterocycles. The van der Waals surface area contributed by atoms with Crippen molar-refractivity contribution in [2.75, 3.05) is 5.73 Å². The quantitative estimate of drug-likeness (QED) is 0.584. The van der Waals surface area contributed by atoms with Crippen molar-refractivity contribution in [2.24, 2.45) is 0 Å². The largest absolute Gasteiger partial charge is 0.425 e. The fraction of sp³-hybridized carbons (Fsp3) is 0. The molecule has 0 atom stereocenters. The van der Waals surface area contributed by atoms with Gasteiger partial charge in [0.2, 0.25) is 0 Å². The van der Waals surface area contributed by atoms with E-state index in [2.05, 4.69) is 0 Å². The van der Waals surface area contributed by atoms with Crippen LogP contribution in [0.3, 0.4) is 0 Å². The minimum atomic E-state index is -0.517. The highest BCUT2D eigenvalue weighted by Crippen LogP contribution is 2.16. The van der Waals surface area contributed by atoms with E-state index < -0.39 is 5.56 Å². The van der Waals surface area contributed by atoms with Crippen molar-refractivity contribution in [3.8, 4) is 0 Å². The van der Waals surface area contributed by atoms with Gasteiger partial charge < -0.3 is 10.9 Å². The van der Waals surface area contributed by atoms with Gasteiger partial charge in [0.25, 0.3) is 5.56 Å². The molecule has 0 amide bonds. The van der Waals surface area contributed by atoms with Crippen molar-refractivity contribution >= 4 is 16.6 Å². The fourth-order valence-corrected chi connectivity index (χ4v) is 1.29. The second-order valence-corrected chi connectivity index (χ2v) is 2.77. The van der Waals surface area contributed by atoms with Crippen LogP contribution >= 0.6 is 0 Å². The van der Waals surface area contributed by atoms with E-state index >= 15 is 0 Å². The van der Waals surface area contributed by atoms with Crippen LogP contribution in [0.5, 0.6) is 0 Å². The zero-order valence-electron chi connectivity index (χ0n) is 6.77. The summed E-state index contributed by atoms with van der Waals surface area (Å²) in [5.41, 5.74) is 5.89. The molecule has 2 rings (SSSR count). The zero-order valence-corrected chi connectivity index (χ0v) is 6.77. The van der Waals surface area contributed by atoms with E-state index in [1.54, 1.807) is 24.3 Å². The number of rotatable bonds is 0. The van der Waals surface area contributed by atoms with Gasteiger partial charge in [0, 0.05) is 17.1 Å². The van der Waals surface area contributed by atoms with Crippen LogP contribution in [0.2, 0.25) is 0 Å². The first kappa shape index (κ1) is 7.67. The third-order valence-electron chi connectivity index (χ3n) is 1.93. The normalized spacial score (nSPS) is 10.5. The molecule has 1 aromatic heterocycles. The number of hydrogen-bond donors (Lipinski definition) is 2. The highest BCUT2D eigenvalue weighted by molar-refractivity contribution is 5.89. The Balaban J connectivity index is 3.06. The van der Waals surface area contributed by atoms with Gasteiger partial charge in [-0.15, -0.1) is 4.73 Å². The summed E-state index contributed by atoms with van der Waals surface area (Å²) >= 11 is 0. The minimum absolute atomic E-state index is 0.380. The molecule has 0 spiro atoms. The van der Waals surface area contributed by atoms with E-state index in [0.29, 0.717) is 21.3 Å². The SMILES string of the molecule is Nc1cc(=O)n(O)c2ccccc12. The summed E-state index contributed by atoms with van der Waals surface area (Å²) in [7, 11) is 0. The first-order chi connectivity index (χ1) is 6.20. The molecule has 0 bridgehead atoms. The van der Waals surface area contributed by atoms with E-state index in [0.717, 1.165) is 0 Å². The second-order valence-electron chi connectivity index (χ2n) is 2.77. The van der Waals surface area contributed by atoms with Crippen molar-refractivity contribution in [1.82, 2.24) is 4.73 Å². The van der Waals surface area contributed by atoms with Crippen LogP contribution in [0.15, 0.2) is 35.1 Å². The van der Waals surface area contributed by atoms with Crippen molar-refractivity contribution in [2.45, 2.75) is 0 Å². The lowest BCUT2D eigenvalue weighted by Crippen LogP contribution is -2.17. The van der Waals surface area contributed by atoms with Crippen LogP contribution in [0.1, 0.15) is 0 Å². The lowest BCUT2D eigenvalue weighted by molar-refractivity contribution is 0.189. The third kappa shape index (κ3) is 1.03. The van der Waals surface area contributed by atoms with Crippen LogP contribution in [-0.2, 0) is 0 Å². The topological polar surface area (TPSA) is 68.2 Å². The van der Waals surface area contributed by atoms with Crippen LogP contribution in [0, 0.1) is 0 Å². The average Bonchev–Trinajstić information content (AvgIpc) is 2.15. The Hall–Kier alpha value is -1.97. The summed E-state index contributed by atoms with van der Waals surface area (Å²) < 4.78 is 0.589. The Kier molecular flexibility index (Phi) is 1.48. The van der Waals surface area contributed by atoms with Crippen molar-refractivity contribution in [3.63, 3.8) is 0 Å². The van der Waals surface area contributed by atoms with Crippen LogP contribution < -0.4 is 11.3 Å². The van der Waals surface area contributed by atoms with Crippen LogP contribution in [-0.4, -0.2) is 9.94 Å². The summed E-state index contributed by atoms with van der Waals surface area (Å²) in [6.45, 7) is 0. The Morgan fingerprint density at radius 2 is 2.00 bits per heavy atom. The maximum absolute atomic E-state index is 11.1. The predicted octanol–water partition coefficient (Wildman–Crippen LogP) is 0.821. The first-order valence-electron chi connectivity index (χ1n) is 3.79. The van der Waals surface area contributed by atoms with E-state index in [1.165, 1.54) is 6.07 Å². The van der Waals surface area contributed by atoms with Crippen molar-refractivity contribution in [3.05, 3.63) is 40.7 Å². The fourth-order valence-electron chi connectivity index (χ4n) is 1.29. The van der Waals surface area contributed by atoms with Gasteiger partial charge >= 0.3 is 0 Å². The van der Waals surface area contributed by atoms with Crippen LogP contribution in [0.4, 0.5) is 5.69 Å². The highest BCUT2D eigenvalue weighted by Gasteiger charge is 2.03. The van der Waals surface area contributed by atoms with Crippen molar-refractivity contribution in [1.29, 1.82) is 0 Å². The maximum Gasteiger partial charge on any atom is 0.285 e. The summed E-state index contributed by atoms with van der Waals surface area (Å²) in [5.74, 6) is 0. The molecule has 66 valence electrons. The van der Waals surface area contributed by atoms with Crippen molar-refractivity contribution < 1.29 is 5.21 Å². The van der Waals surface area contributed by atoms with E-state index in [9.17, 15) is 10.0 Å². The summed E-state index contributed by atoms with van der Waals surface area (Å²) in [6, 6.07) is 8.10. The monoisotopic (exact) mass is 176 g/mol. The number of nitrogen functional groups attached to an aromatic ring is 1. The van der Waals surface area contributed by atoms with Gasteiger partial charge in [-0.1, -0.05) is 18.2 Å². The number of nitrogens with two attached hydrogens (primary N) is 1. The average molecular weight is 176 g/mol. The van der Waals surface area contributed by atoms with Gasteiger partial charge in [0.15, 0.2) is 0 Å². The summed E-state index contributed by atoms with van der Waals surface area (Å²) in [4.78, 5) is 11.1. The second kappa shape index (κ2) is 2.52. The molecular weight excluding hydrogens is 168 g/mol. The molecule has 0 aliphatic heterocycles. The summed E-state index contributed by atoms with van der Waals surface area (Å²) in [5, 5.41) is 10.0. The predicted molar refractivity (Wildman–Crippen MR) is 49.8 cm³/mol. The van der Waals surface area contributed by atoms with E-state index in [1.807, 2.05) is 0 Å². The number of fused-ring (bicyclic) bond motifs is 1. The smallest absolute Gasteiger partial charge is 0.285 e. The molecule has 13 heavy (non-hydrogen) atoms. The standard InChI is InChI=1S/C9H8N2O2/c10-7-5-9(12)11(13)8-4-2-1-3-6(7)8/h1-5,13H,10H2. The number of pyridine rings is 1. The van der Waals surface area contributed by atoms with Crippen LogP contribution in [0.25, 0.3) is 10.9 Å². The molecule has 0 radical (unpaired) electrons. The molecule has 4 nitrogen and oxygen atoms in total. The molecule has 4 heteroatoms. The number of hydrogen-bond acceptors (Lipinski definition) is 3. The number of nitrogens with zero attached hydrogens (tertiary/aromatic N) is 1. The highest BCUT2D eigenvalue weighted by atomic mass is 16.5. The molecule has 0 fully saturated rings. The molecule has 1 aromatic carbocycles. The molecule has 3 N–H and O–H groups in total. The zero-order chi connectivity index (χ0) is 9.42. The Morgan fingerprint density at radius 1 is 1.31 bits per heavy atom. The van der Waals surface area contributed by atoms with Gasteiger partial charge in [-0.2, -0.15) is 0 Å². The number of anilines is 1. The van der Waals surface area contributed by atoms with Gasteiger partial charge in [0.1, 0.15) is 0 Å². The van der Waals surface area contributed by atoms with Gasteiger partial charge in [-0.3, -0.25) is 4.79 Å². The molecule has 0 saturated carbocycles. The molecule has 0 aliphatic rings. The Morgan fingerprint density at radius 3 is 2.77 bits per heavy atom. The minimum Gasteiger partial charge on any atom is -0.425 e. The lowest BCUT2D eigenvalue weighted by Gasteiger charge is -2.04. The number of para-hydroxylation sites is 1. The molecule has 0 unspecified atom stereocenters. The lowest BCUT2D eigenvalue weighted by atomic mass is 10.2. The van der Waals surface area contributed by atoms with Gasteiger partial charge in [0.05, 0.1) is 5.52 Å².